The zero-order chi connectivity index (χ0) is 17.2. The zero-order valence-electron chi connectivity index (χ0n) is 13.4. The monoisotopic (exact) mass is 357 g/mol. The Morgan fingerprint density at radius 3 is 2.68 bits per heavy atom. The van der Waals surface area contributed by atoms with E-state index in [4.69, 9.17) is 16.3 Å². The van der Waals surface area contributed by atoms with E-state index in [0.29, 0.717) is 12.1 Å². The van der Waals surface area contributed by atoms with Crippen molar-refractivity contribution < 1.29 is 9.53 Å². The molecule has 0 aliphatic carbocycles. The molecule has 0 saturated carbocycles. The highest BCUT2D eigenvalue weighted by Gasteiger charge is 2.21. The first-order valence-electron chi connectivity index (χ1n) is 8.05. The quantitative estimate of drug-likeness (QED) is 0.573. The summed E-state index contributed by atoms with van der Waals surface area (Å²) in [5.74, 6) is 0. The van der Waals surface area contributed by atoms with Crippen LogP contribution in [0, 0.1) is 0 Å². The summed E-state index contributed by atoms with van der Waals surface area (Å²) < 4.78 is 7.35. The van der Waals surface area contributed by atoms with Gasteiger partial charge in [-0.2, -0.15) is 10.1 Å². The third-order valence-electron chi connectivity index (χ3n) is 4.35. The molecule has 0 spiro atoms. The van der Waals surface area contributed by atoms with Crippen LogP contribution in [0.2, 0.25) is 5.28 Å². The van der Waals surface area contributed by atoms with Crippen LogP contribution in [0.1, 0.15) is 18.9 Å². The molecule has 1 N–H and O–H groups in total. The first-order chi connectivity index (χ1) is 12.3. The van der Waals surface area contributed by atoms with Crippen LogP contribution in [0.5, 0.6) is 0 Å². The summed E-state index contributed by atoms with van der Waals surface area (Å²) in [7, 11) is 0. The van der Waals surface area contributed by atoms with E-state index in [-0.39, 0.29) is 11.3 Å². The van der Waals surface area contributed by atoms with E-state index in [1.54, 1.807) is 6.20 Å². The highest BCUT2D eigenvalue weighted by molar-refractivity contribution is 6.28. The lowest BCUT2D eigenvalue weighted by Crippen LogP contribution is -2.20. The number of hydrogen-bond donors (Lipinski definition) is 1. The van der Waals surface area contributed by atoms with Gasteiger partial charge in [0.25, 0.3) is 0 Å². The van der Waals surface area contributed by atoms with E-state index in [0.717, 1.165) is 48.3 Å². The summed E-state index contributed by atoms with van der Waals surface area (Å²) in [6.07, 6.45) is 4.24. The molecule has 0 bridgehead atoms. The molecule has 1 aliphatic rings. The number of aromatic nitrogens is 4. The molecule has 7 nitrogen and oxygen atoms in total. The Kier molecular flexibility index (Phi) is 4.33. The van der Waals surface area contributed by atoms with Gasteiger partial charge in [0.05, 0.1) is 23.3 Å². The number of nitrogens with one attached hydrogen (secondary N) is 1. The Bertz CT molecular complexity index is 903. The minimum Gasteiger partial charge on any atom is -0.381 e. The highest BCUT2D eigenvalue weighted by atomic mass is 35.5. The largest absolute Gasteiger partial charge is 0.381 e. The third-order valence-corrected chi connectivity index (χ3v) is 4.52. The van der Waals surface area contributed by atoms with Crippen molar-refractivity contribution in [2.75, 3.05) is 18.5 Å². The number of ether oxygens (including phenoxy) is 1. The topological polar surface area (TPSA) is 81.9 Å². The summed E-state index contributed by atoms with van der Waals surface area (Å²) in [5, 5.41) is 8.19. The number of carbonyl (C=O) groups excluding carboxylic acids is 1. The number of anilines is 1. The van der Waals surface area contributed by atoms with E-state index in [1.807, 2.05) is 28.9 Å². The lowest BCUT2D eigenvalue weighted by Gasteiger charge is -2.22. The molecule has 4 rings (SSSR count). The summed E-state index contributed by atoms with van der Waals surface area (Å²) in [4.78, 5) is 19.3. The first-order valence-corrected chi connectivity index (χ1v) is 8.43. The van der Waals surface area contributed by atoms with Crippen LogP contribution in [0.15, 0.2) is 30.5 Å². The van der Waals surface area contributed by atoms with E-state index in [1.165, 1.54) is 0 Å². The predicted molar refractivity (Wildman–Crippen MR) is 94.5 cm³/mol. The molecule has 128 valence electrons. The van der Waals surface area contributed by atoms with Crippen molar-refractivity contribution >= 4 is 34.7 Å². The van der Waals surface area contributed by atoms with Gasteiger partial charge in [-0.05, 0) is 36.6 Å². The predicted octanol–water partition coefficient (Wildman–Crippen LogP) is 3.07. The van der Waals surface area contributed by atoms with E-state index >= 15 is 0 Å². The number of nitrogens with zero attached hydrogens (tertiary/aromatic N) is 4. The molecule has 0 unspecified atom stereocenters. The van der Waals surface area contributed by atoms with Gasteiger partial charge in [0.15, 0.2) is 5.65 Å². The molecule has 1 saturated heterocycles. The first kappa shape index (κ1) is 16.0. The molecule has 0 atom stereocenters. The van der Waals surface area contributed by atoms with Crippen molar-refractivity contribution in [2.45, 2.75) is 18.9 Å². The molecule has 0 radical (unpaired) electrons. The highest BCUT2D eigenvalue weighted by Crippen LogP contribution is 2.31. The van der Waals surface area contributed by atoms with Gasteiger partial charge in [0, 0.05) is 24.5 Å². The van der Waals surface area contributed by atoms with Crippen molar-refractivity contribution in [1.29, 1.82) is 0 Å². The number of halogens is 1. The van der Waals surface area contributed by atoms with E-state index in [2.05, 4.69) is 20.4 Å². The standard InChI is InChI=1S/C17H16ClN5O2/c18-17-21-15(11-1-3-12(4-2-11)19-10-24)14-9-20-23(16(14)22-17)13-5-7-25-8-6-13/h1-4,9-10,13H,5-8H2,(H,19,24). The molecule has 25 heavy (non-hydrogen) atoms. The van der Waals surface area contributed by atoms with Gasteiger partial charge >= 0.3 is 0 Å². The van der Waals surface area contributed by atoms with Gasteiger partial charge in [-0.15, -0.1) is 0 Å². The van der Waals surface area contributed by atoms with Crippen LogP contribution in [-0.2, 0) is 9.53 Å². The van der Waals surface area contributed by atoms with Gasteiger partial charge in [0.2, 0.25) is 11.7 Å². The second kappa shape index (κ2) is 6.78. The molecule has 3 aromatic rings. The van der Waals surface area contributed by atoms with Crippen molar-refractivity contribution in [3.05, 3.63) is 35.7 Å². The van der Waals surface area contributed by atoms with E-state index in [9.17, 15) is 4.79 Å². The minimum absolute atomic E-state index is 0.186. The Labute approximate surface area is 149 Å². The average Bonchev–Trinajstić information content (AvgIpc) is 3.06. The molecule has 3 heterocycles. The van der Waals surface area contributed by atoms with Gasteiger partial charge < -0.3 is 10.1 Å². The molecule has 8 heteroatoms. The Hall–Kier alpha value is -2.51. The average molecular weight is 358 g/mol. The Balaban J connectivity index is 1.78. The smallest absolute Gasteiger partial charge is 0.225 e. The van der Waals surface area contributed by atoms with Gasteiger partial charge in [-0.25, -0.2) is 9.67 Å². The molecule has 1 amide bonds. The Morgan fingerprint density at radius 1 is 1.20 bits per heavy atom. The SMILES string of the molecule is O=CNc1ccc(-c2nc(Cl)nc3c2cnn3C2CCOCC2)cc1. The number of hydrogen-bond acceptors (Lipinski definition) is 5. The maximum atomic E-state index is 10.5. The van der Waals surface area contributed by atoms with Crippen LogP contribution >= 0.6 is 11.6 Å². The number of fused-ring (bicyclic) bond motifs is 1. The lowest BCUT2D eigenvalue weighted by molar-refractivity contribution is -0.105. The summed E-state index contributed by atoms with van der Waals surface area (Å²) in [6, 6.07) is 7.65. The maximum absolute atomic E-state index is 10.5. The number of benzene rings is 1. The molecule has 2 aromatic heterocycles. The second-order valence-corrected chi connectivity index (χ2v) is 6.19. The lowest BCUT2D eigenvalue weighted by atomic mass is 10.1. The minimum atomic E-state index is 0.186. The number of amides is 1. The van der Waals surface area contributed by atoms with Gasteiger partial charge in [-0.3, -0.25) is 4.79 Å². The second-order valence-electron chi connectivity index (χ2n) is 5.85. The molecular formula is C17H16ClN5O2. The molecule has 1 aromatic carbocycles. The van der Waals surface area contributed by atoms with E-state index < -0.39 is 0 Å². The summed E-state index contributed by atoms with van der Waals surface area (Å²) >= 11 is 6.18. The van der Waals surface area contributed by atoms with Crippen LogP contribution in [0.3, 0.4) is 0 Å². The fraction of sp³-hybridized carbons (Fsp3) is 0.294. The maximum Gasteiger partial charge on any atom is 0.225 e. The van der Waals surface area contributed by atoms with Gasteiger partial charge in [0.1, 0.15) is 0 Å². The van der Waals surface area contributed by atoms with Crippen molar-refractivity contribution in [2.24, 2.45) is 0 Å². The summed E-state index contributed by atoms with van der Waals surface area (Å²) in [5.41, 5.74) is 3.06. The van der Waals surface area contributed by atoms with Crippen LogP contribution < -0.4 is 5.32 Å². The summed E-state index contributed by atoms with van der Waals surface area (Å²) in [6.45, 7) is 1.45. The molecular weight excluding hydrogens is 342 g/mol. The van der Waals surface area contributed by atoms with Crippen LogP contribution in [0.25, 0.3) is 22.3 Å². The zero-order valence-corrected chi connectivity index (χ0v) is 14.1. The van der Waals surface area contributed by atoms with Crippen molar-refractivity contribution in [1.82, 2.24) is 19.7 Å². The van der Waals surface area contributed by atoms with Crippen LogP contribution in [-0.4, -0.2) is 39.4 Å². The normalized spacial score (nSPS) is 15.4. The molecule has 1 fully saturated rings. The number of rotatable bonds is 4. The molecule has 1 aliphatic heterocycles. The van der Waals surface area contributed by atoms with Crippen molar-refractivity contribution in [3.63, 3.8) is 0 Å². The van der Waals surface area contributed by atoms with Crippen LogP contribution in [0.4, 0.5) is 5.69 Å². The third kappa shape index (κ3) is 3.08. The fourth-order valence-corrected chi connectivity index (χ4v) is 3.27. The van der Waals surface area contributed by atoms with Crippen molar-refractivity contribution in [3.8, 4) is 11.3 Å². The van der Waals surface area contributed by atoms with Gasteiger partial charge in [-0.1, -0.05) is 12.1 Å². The fourth-order valence-electron chi connectivity index (χ4n) is 3.11. The number of carbonyl (C=O) groups is 1. The Morgan fingerprint density at radius 2 is 1.96 bits per heavy atom.